The van der Waals surface area contributed by atoms with Crippen molar-refractivity contribution in [2.45, 2.75) is 0 Å². The molecule has 0 spiro atoms. The number of hydrogen-bond donors (Lipinski definition) is 1. The highest BCUT2D eigenvalue weighted by molar-refractivity contribution is 9.11. The molecule has 0 bridgehead atoms. The average Bonchev–Trinajstić information content (AvgIpc) is 2.32. The van der Waals surface area contributed by atoms with Crippen LogP contribution in [0.1, 0.15) is 0 Å². The van der Waals surface area contributed by atoms with Crippen LogP contribution in [0.15, 0.2) is 21.1 Å². The third-order valence-electron chi connectivity index (χ3n) is 1.95. The Balaban J connectivity index is 2.51. The van der Waals surface area contributed by atoms with E-state index in [4.69, 9.17) is 19.9 Å². The van der Waals surface area contributed by atoms with Crippen LogP contribution in [0.2, 0.25) is 0 Å². The Morgan fingerprint density at radius 3 is 2.35 bits per heavy atom. The fourth-order valence-corrected chi connectivity index (χ4v) is 2.09. The van der Waals surface area contributed by atoms with E-state index in [0.29, 0.717) is 26.4 Å². The summed E-state index contributed by atoms with van der Waals surface area (Å²) in [5.74, 6) is 1.50. The molecule has 2 N–H and O–H groups in total. The molecule has 0 saturated carbocycles. The van der Waals surface area contributed by atoms with E-state index in [1.54, 1.807) is 7.11 Å². The molecule has 4 nitrogen and oxygen atoms in total. The molecule has 6 heteroatoms. The predicted octanol–water partition coefficient (Wildman–Crippen LogP) is 2.57. The summed E-state index contributed by atoms with van der Waals surface area (Å²) >= 11 is 6.82. The Hall–Kier alpha value is -0.300. The van der Waals surface area contributed by atoms with E-state index >= 15 is 0 Å². The fourth-order valence-electron chi connectivity index (χ4n) is 1.17. The fraction of sp³-hybridized carbons (Fsp3) is 0.455. The van der Waals surface area contributed by atoms with Crippen LogP contribution in [0.4, 0.5) is 0 Å². The molecule has 0 fully saturated rings. The van der Waals surface area contributed by atoms with Crippen LogP contribution in [0.3, 0.4) is 0 Å². The summed E-state index contributed by atoms with van der Waals surface area (Å²) in [5.41, 5.74) is 5.30. The largest absolute Gasteiger partial charge is 0.496 e. The highest BCUT2D eigenvalue weighted by atomic mass is 79.9. The van der Waals surface area contributed by atoms with Gasteiger partial charge in [-0.05, 0) is 44.0 Å². The van der Waals surface area contributed by atoms with Gasteiger partial charge in [-0.25, -0.2) is 0 Å². The van der Waals surface area contributed by atoms with Crippen molar-refractivity contribution < 1.29 is 14.2 Å². The van der Waals surface area contributed by atoms with Crippen molar-refractivity contribution in [3.05, 3.63) is 21.1 Å². The molecule has 0 aliphatic carbocycles. The van der Waals surface area contributed by atoms with Crippen LogP contribution < -0.4 is 15.2 Å². The maximum Gasteiger partial charge on any atom is 0.134 e. The second-order valence-corrected chi connectivity index (χ2v) is 4.88. The van der Waals surface area contributed by atoms with Gasteiger partial charge < -0.3 is 19.9 Å². The Kier molecular flexibility index (Phi) is 6.87. The van der Waals surface area contributed by atoms with Gasteiger partial charge in [0.25, 0.3) is 0 Å². The first-order valence-corrected chi connectivity index (χ1v) is 6.71. The Morgan fingerprint density at radius 2 is 1.71 bits per heavy atom. The molecule has 0 atom stereocenters. The van der Waals surface area contributed by atoms with Crippen molar-refractivity contribution in [1.82, 2.24) is 0 Å². The maximum atomic E-state index is 5.57. The van der Waals surface area contributed by atoms with Gasteiger partial charge >= 0.3 is 0 Å². The van der Waals surface area contributed by atoms with Crippen molar-refractivity contribution in [3.8, 4) is 11.5 Å². The van der Waals surface area contributed by atoms with Crippen molar-refractivity contribution in [3.63, 3.8) is 0 Å². The van der Waals surface area contributed by atoms with Gasteiger partial charge in [0.2, 0.25) is 0 Å². The Labute approximate surface area is 118 Å². The smallest absolute Gasteiger partial charge is 0.134 e. The highest BCUT2D eigenvalue weighted by Gasteiger charge is 2.07. The van der Waals surface area contributed by atoms with Crippen molar-refractivity contribution in [2.75, 3.05) is 33.5 Å². The molecule has 0 unspecified atom stereocenters. The maximum absolute atomic E-state index is 5.57. The van der Waals surface area contributed by atoms with Crippen LogP contribution in [-0.4, -0.2) is 33.5 Å². The minimum Gasteiger partial charge on any atom is -0.496 e. The molecular weight excluding hydrogens is 354 g/mol. The number of halogens is 2. The normalized spacial score (nSPS) is 10.4. The van der Waals surface area contributed by atoms with E-state index in [-0.39, 0.29) is 0 Å². The molecule has 0 aliphatic rings. The topological polar surface area (TPSA) is 53.7 Å². The summed E-state index contributed by atoms with van der Waals surface area (Å²) in [7, 11) is 1.62. The minimum atomic E-state index is 0.484. The summed E-state index contributed by atoms with van der Waals surface area (Å²) in [4.78, 5) is 0. The number of methoxy groups -OCH3 is 1. The van der Waals surface area contributed by atoms with E-state index in [1.807, 2.05) is 12.1 Å². The van der Waals surface area contributed by atoms with E-state index in [0.717, 1.165) is 20.4 Å². The standard InChI is InChI=1S/C11H15Br2NO3/c1-15-10-6-9(13)11(7-8(10)12)17-5-4-16-3-2-14/h6-7H,2-5,14H2,1H3. The lowest BCUT2D eigenvalue weighted by molar-refractivity contribution is 0.105. The molecule has 0 saturated heterocycles. The molecule has 1 aromatic carbocycles. The van der Waals surface area contributed by atoms with Gasteiger partial charge in [0, 0.05) is 6.54 Å². The summed E-state index contributed by atoms with van der Waals surface area (Å²) in [6.45, 7) is 2.08. The van der Waals surface area contributed by atoms with Crippen LogP contribution in [0.25, 0.3) is 0 Å². The molecule has 0 aromatic heterocycles. The van der Waals surface area contributed by atoms with Crippen molar-refractivity contribution >= 4 is 31.9 Å². The van der Waals surface area contributed by atoms with E-state index < -0.39 is 0 Å². The first-order valence-electron chi connectivity index (χ1n) is 5.12. The van der Waals surface area contributed by atoms with E-state index in [2.05, 4.69) is 31.9 Å². The lowest BCUT2D eigenvalue weighted by atomic mass is 10.3. The molecule has 96 valence electrons. The summed E-state index contributed by atoms with van der Waals surface area (Å²) in [6.07, 6.45) is 0. The minimum absolute atomic E-state index is 0.484. The van der Waals surface area contributed by atoms with Crippen LogP contribution >= 0.6 is 31.9 Å². The SMILES string of the molecule is COc1cc(Br)c(OCCOCCN)cc1Br. The molecule has 0 amide bonds. The first kappa shape index (κ1) is 14.8. The molecule has 0 aliphatic heterocycles. The summed E-state index contributed by atoms with van der Waals surface area (Å²) < 4.78 is 17.6. The lowest BCUT2D eigenvalue weighted by Gasteiger charge is -2.11. The first-order chi connectivity index (χ1) is 8.19. The summed E-state index contributed by atoms with van der Waals surface area (Å²) in [5, 5.41) is 0. The van der Waals surface area contributed by atoms with Gasteiger partial charge in [-0.15, -0.1) is 0 Å². The zero-order valence-electron chi connectivity index (χ0n) is 9.54. The van der Waals surface area contributed by atoms with Crippen LogP contribution in [-0.2, 0) is 4.74 Å². The second-order valence-electron chi connectivity index (χ2n) is 3.17. The third kappa shape index (κ3) is 4.83. The number of hydrogen-bond acceptors (Lipinski definition) is 4. The molecule has 17 heavy (non-hydrogen) atoms. The summed E-state index contributed by atoms with van der Waals surface area (Å²) in [6, 6.07) is 3.70. The van der Waals surface area contributed by atoms with Gasteiger partial charge in [-0.1, -0.05) is 0 Å². The van der Waals surface area contributed by atoms with Gasteiger partial charge in [-0.2, -0.15) is 0 Å². The van der Waals surface area contributed by atoms with Gasteiger partial charge in [-0.3, -0.25) is 0 Å². The Bertz CT molecular complexity index is 361. The number of rotatable bonds is 7. The van der Waals surface area contributed by atoms with E-state index in [9.17, 15) is 0 Å². The highest BCUT2D eigenvalue weighted by Crippen LogP contribution is 2.35. The van der Waals surface area contributed by atoms with Crippen molar-refractivity contribution in [2.24, 2.45) is 5.73 Å². The average molecular weight is 369 g/mol. The van der Waals surface area contributed by atoms with Gasteiger partial charge in [0.05, 0.1) is 29.3 Å². The lowest BCUT2D eigenvalue weighted by Crippen LogP contribution is -2.13. The zero-order valence-corrected chi connectivity index (χ0v) is 12.7. The van der Waals surface area contributed by atoms with Gasteiger partial charge in [0.1, 0.15) is 18.1 Å². The predicted molar refractivity (Wildman–Crippen MR) is 73.8 cm³/mol. The van der Waals surface area contributed by atoms with Crippen molar-refractivity contribution in [1.29, 1.82) is 0 Å². The molecule has 0 heterocycles. The quantitative estimate of drug-likeness (QED) is 0.751. The molecule has 1 aromatic rings. The van der Waals surface area contributed by atoms with E-state index in [1.165, 1.54) is 0 Å². The third-order valence-corrected chi connectivity index (χ3v) is 3.19. The monoisotopic (exact) mass is 367 g/mol. The molecule has 1 rings (SSSR count). The molecule has 0 radical (unpaired) electrons. The zero-order chi connectivity index (χ0) is 12.7. The number of ether oxygens (including phenoxy) is 3. The second kappa shape index (κ2) is 7.92. The van der Waals surface area contributed by atoms with Crippen LogP contribution in [0, 0.1) is 0 Å². The number of benzene rings is 1. The molecular formula is C11H15Br2NO3. The number of nitrogens with two attached hydrogens (primary N) is 1. The Morgan fingerprint density at radius 1 is 1.06 bits per heavy atom. The van der Waals surface area contributed by atoms with Crippen LogP contribution in [0.5, 0.6) is 11.5 Å². The van der Waals surface area contributed by atoms with Gasteiger partial charge in [0.15, 0.2) is 0 Å².